The zero-order valence-corrected chi connectivity index (χ0v) is 20.7. The van der Waals surface area contributed by atoms with Gasteiger partial charge in [-0.2, -0.15) is 0 Å². The number of carbonyl (C=O) groups is 1. The van der Waals surface area contributed by atoms with E-state index in [1.54, 1.807) is 60.7 Å². The SMILES string of the molecule is O=C(O)c1ccc(CCc2cccc(N(c3ccc(S(=O)(=O)c4ccccc4)s3)S(=O)O)c2)cc1. The number of anilines is 2. The number of nitrogens with zero attached hydrogens (tertiary/aromatic N) is 1. The Bertz CT molecular complexity index is 1460. The minimum atomic E-state index is -3.74. The lowest BCUT2D eigenvalue weighted by atomic mass is 10.0. The molecule has 0 saturated carbocycles. The van der Waals surface area contributed by atoms with Gasteiger partial charge >= 0.3 is 5.97 Å². The van der Waals surface area contributed by atoms with E-state index in [1.165, 1.54) is 28.6 Å². The normalized spacial score (nSPS) is 12.3. The molecule has 10 heteroatoms. The molecule has 0 radical (unpaired) electrons. The molecule has 4 rings (SSSR count). The van der Waals surface area contributed by atoms with Crippen LogP contribution in [0.15, 0.2) is 100 Å². The van der Waals surface area contributed by atoms with Crippen LogP contribution in [0, 0.1) is 0 Å². The number of benzene rings is 3. The van der Waals surface area contributed by atoms with E-state index in [0.717, 1.165) is 22.5 Å². The molecule has 0 fully saturated rings. The number of thiophene rings is 1. The summed E-state index contributed by atoms with van der Waals surface area (Å²) < 4.78 is 49.4. The van der Waals surface area contributed by atoms with Crippen LogP contribution in [0.3, 0.4) is 0 Å². The van der Waals surface area contributed by atoms with Gasteiger partial charge in [-0.05, 0) is 72.5 Å². The number of rotatable bonds is 9. The summed E-state index contributed by atoms with van der Waals surface area (Å²) in [4.78, 5) is 11.2. The Morgan fingerprint density at radius 1 is 0.857 bits per heavy atom. The van der Waals surface area contributed by atoms with Gasteiger partial charge in [-0.25, -0.2) is 21.7 Å². The fraction of sp³-hybridized carbons (Fsp3) is 0.0800. The van der Waals surface area contributed by atoms with Gasteiger partial charge in [0.2, 0.25) is 9.84 Å². The molecule has 3 aromatic carbocycles. The third-order valence-electron chi connectivity index (χ3n) is 5.29. The van der Waals surface area contributed by atoms with Crippen LogP contribution in [0.1, 0.15) is 21.5 Å². The molecule has 2 N–H and O–H groups in total. The number of aryl methyl sites for hydroxylation is 2. The molecule has 1 heterocycles. The van der Waals surface area contributed by atoms with E-state index < -0.39 is 27.1 Å². The van der Waals surface area contributed by atoms with Crippen LogP contribution in [0.4, 0.5) is 10.7 Å². The largest absolute Gasteiger partial charge is 0.478 e. The van der Waals surface area contributed by atoms with Gasteiger partial charge in [0.05, 0.1) is 16.1 Å². The number of sulfone groups is 1. The zero-order chi connectivity index (χ0) is 25.0. The van der Waals surface area contributed by atoms with Crippen molar-refractivity contribution in [3.63, 3.8) is 0 Å². The Balaban J connectivity index is 1.56. The minimum absolute atomic E-state index is 0.0788. The second-order valence-electron chi connectivity index (χ2n) is 7.61. The summed E-state index contributed by atoms with van der Waals surface area (Å²) in [6.45, 7) is 0. The van der Waals surface area contributed by atoms with Crippen LogP contribution in [0.5, 0.6) is 0 Å². The van der Waals surface area contributed by atoms with Crippen molar-refractivity contribution < 1.29 is 27.1 Å². The highest BCUT2D eigenvalue weighted by molar-refractivity contribution is 7.93. The van der Waals surface area contributed by atoms with Crippen LogP contribution in [-0.2, 0) is 33.9 Å². The van der Waals surface area contributed by atoms with Crippen LogP contribution >= 0.6 is 11.3 Å². The Labute approximate surface area is 209 Å². The summed E-state index contributed by atoms with van der Waals surface area (Å²) in [5.41, 5.74) is 2.56. The highest BCUT2D eigenvalue weighted by Gasteiger charge is 2.24. The number of aromatic carboxylic acids is 1. The standard InChI is InChI=1S/C25H21NO6S3/c27-25(28)20-13-11-18(12-14-20)9-10-19-5-4-6-21(17-19)26(34(29)30)23-15-16-24(33-23)35(31,32)22-7-2-1-3-8-22/h1-8,11-17H,9-10H2,(H,27,28)(H,29,30). The van der Waals surface area contributed by atoms with Gasteiger partial charge in [0.1, 0.15) is 9.21 Å². The first-order valence-corrected chi connectivity index (χ1v) is 13.8. The third kappa shape index (κ3) is 5.68. The quantitative estimate of drug-likeness (QED) is 0.284. The highest BCUT2D eigenvalue weighted by Crippen LogP contribution is 2.37. The number of hydrogen-bond donors (Lipinski definition) is 2. The maximum atomic E-state index is 12.9. The first kappa shape index (κ1) is 24.8. The summed E-state index contributed by atoms with van der Waals surface area (Å²) in [5, 5.41) is 9.35. The fourth-order valence-corrected chi connectivity index (χ4v) is 6.97. The zero-order valence-electron chi connectivity index (χ0n) is 18.3. The molecule has 1 atom stereocenters. The Hall–Kier alpha value is -3.31. The van der Waals surface area contributed by atoms with Crippen LogP contribution < -0.4 is 4.31 Å². The van der Waals surface area contributed by atoms with Crippen molar-refractivity contribution in [3.05, 3.63) is 108 Å². The number of hydrogen-bond acceptors (Lipinski definition) is 5. The van der Waals surface area contributed by atoms with E-state index in [0.29, 0.717) is 23.5 Å². The van der Waals surface area contributed by atoms with Gasteiger partial charge in [-0.15, -0.1) is 11.3 Å². The topological polar surface area (TPSA) is 112 Å². The van der Waals surface area contributed by atoms with Crippen LogP contribution in [0.2, 0.25) is 0 Å². The molecule has 0 amide bonds. The first-order chi connectivity index (χ1) is 16.8. The van der Waals surface area contributed by atoms with Gasteiger partial charge in [0, 0.05) is 0 Å². The number of carboxylic acid groups (broad SMARTS) is 1. The Morgan fingerprint density at radius 2 is 1.54 bits per heavy atom. The Kier molecular flexibility index (Phi) is 7.46. The van der Waals surface area contributed by atoms with Crippen molar-refractivity contribution in [1.82, 2.24) is 0 Å². The van der Waals surface area contributed by atoms with E-state index >= 15 is 0 Å². The lowest BCUT2D eigenvalue weighted by molar-refractivity contribution is 0.0697. The van der Waals surface area contributed by atoms with Crippen LogP contribution in [0.25, 0.3) is 0 Å². The molecule has 1 aromatic heterocycles. The second-order valence-corrected chi connectivity index (χ2v) is 11.7. The molecule has 0 aliphatic carbocycles. The fourth-order valence-electron chi connectivity index (χ4n) is 3.52. The van der Waals surface area contributed by atoms with Crippen molar-refractivity contribution in [2.45, 2.75) is 21.9 Å². The molecule has 0 spiro atoms. The van der Waals surface area contributed by atoms with Gasteiger partial charge in [0.15, 0.2) is 0 Å². The molecule has 1 unspecified atom stereocenters. The minimum Gasteiger partial charge on any atom is -0.478 e. The molecule has 180 valence electrons. The monoisotopic (exact) mass is 527 g/mol. The molecular weight excluding hydrogens is 506 g/mol. The van der Waals surface area contributed by atoms with Gasteiger partial charge in [-0.3, -0.25) is 4.55 Å². The van der Waals surface area contributed by atoms with Crippen molar-refractivity contribution in [2.75, 3.05) is 4.31 Å². The van der Waals surface area contributed by atoms with Crippen molar-refractivity contribution in [1.29, 1.82) is 0 Å². The van der Waals surface area contributed by atoms with E-state index in [4.69, 9.17) is 5.11 Å². The molecule has 35 heavy (non-hydrogen) atoms. The number of carboxylic acids is 1. The molecule has 4 aromatic rings. The van der Waals surface area contributed by atoms with E-state index in [2.05, 4.69) is 0 Å². The van der Waals surface area contributed by atoms with E-state index in [9.17, 15) is 22.0 Å². The summed E-state index contributed by atoms with van der Waals surface area (Å²) in [6.07, 6.45) is 1.29. The molecule has 0 bridgehead atoms. The first-order valence-electron chi connectivity index (χ1n) is 10.5. The predicted octanol–water partition coefficient (Wildman–Crippen LogP) is 5.34. The van der Waals surface area contributed by atoms with Gasteiger partial charge in [0.25, 0.3) is 11.3 Å². The van der Waals surface area contributed by atoms with Crippen molar-refractivity contribution in [2.24, 2.45) is 0 Å². The summed E-state index contributed by atoms with van der Waals surface area (Å²) in [7, 11) is -3.74. The third-order valence-corrected chi connectivity index (χ3v) is 9.46. The average molecular weight is 528 g/mol. The highest BCUT2D eigenvalue weighted by atomic mass is 32.2. The molecule has 7 nitrogen and oxygen atoms in total. The van der Waals surface area contributed by atoms with Gasteiger partial charge in [-0.1, -0.05) is 42.5 Å². The summed E-state index contributed by atoms with van der Waals surface area (Å²) in [6, 6.07) is 24.8. The predicted molar refractivity (Wildman–Crippen MR) is 136 cm³/mol. The molecule has 0 saturated heterocycles. The van der Waals surface area contributed by atoms with Crippen LogP contribution in [-0.4, -0.2) is 28.3 Å². The lowest BCUT2D eigenvalue weighted by Crippen LogP contribution is -2.18. The molecular formula is C25H21NO6S3. The van der Waals surface area contributed by atoms with E-state index in [-0.39, 0.29) is 14.7 Å². The average Bonchev–Trinajstić information content (AvgIpc) is 3.34. The Morgan fingerprint density at radius 3 is 2.20 bits per heavy atom. The maximum Gasteiger partial charge on any atom is 0.335 e. The summed E-state index contributed by atoms with van der Waals surface area (Å²) >= 11 is -1.50. The molecule has 0 aliphatic heterocycles. The molecule has 0 aliphatic rings. The lowest BCUT2D eigenvalue weighted by Gasteiger charge is -2.18. The van der Waals surface area contributed by atoms with Crippen molar-refractivity contribution in [3.8, 4) is 0 Å². The van der Waals surface area contributed by atoms with Crippen molar-refractivity contribution >= 4 is 49.1 Å². The maximum absolute atomic E-state index is 12.9. The second kappa shape index (κ2) is 10.5. The smallest absolute Gasteiger partial charge is 0.335 e. The summed E-state index contributed by atoms with van der Waals surface area (Å²) in [5.74, 6) is -0.977. The van der Waals surface area contributed by atoms with E-state index in [1.807, 2.05) is 6.07 Å². The van der Waals surface area contributed by atoms with Gasteiger partial charge < -0.3 is 5.11 Å².